The number of piperidine rings is 1. The Kier molecular flexibility index (Phi) is 4.13. The van der Waals surface area contributed by atoms with E-state index in [1.54, 1.807) is 23.9 Å². The van der Waals surface area contributed by atoms with Gasteiger partial charge >= 0.3 is 6.03 Å². The molecule has 0 atom stereocenters. The molecule has 0 radical (unpaired) electrons. The monoisotopic (exact) mass is 224 g/mol. The zero-order valence-corrected chi connectivity index (χ0v) is 10.3. The number of hydrogen-bond acceptors (Lipinski definition) is 3. The van der Waals surface area contributed by atoms with Crippen molar-refractivity contribution in [2.24, 2.45) is 0 Å². The smallest absolute Gasteiger partial charge is 0.319 e. The lowest BCUT2D eigenvalue weighted by Crippen LogP contribution is -2.55. The number of rotatable bonds is 2. The number of carbonyl (C=O) groups excluding carboxylic acids is 1. The first kappa shape index (κ1) is 12.8. The molecule has 0 unspecified atom stereocenters. The largest absolute Gasteiger partial charge is 0.331 e. The summed E-state index contributed by atoms with van der Waals surface area (Å²) in [6.45, 7) is 4.08. The second-order valence-electron chi connectivity index (χ2n) is 4.39. The van der Waals surface area contributed by atoms with Gasteiger partial charge in [0, 0.05) is 27.2 Å². The van der Waals surface area contributed by atoms with Gasteiger partial charge in [0.05, 0.1) is 6.07 Å². The van der Waals surface area contributed by atoms with E-state index in [-0.39, 0.29) is 6.03 Å². The Morgan fingerprint density at radius 1 is 1.50 bits per heavy atom. The molecule has 0 aliphatic carbocycles. The third-order valence-corrected chi connectivity index (χ3v) is 3.00. The third-order valence-electron chi connectivity index (χ3n) is 3.00. The van der Waals surface area contributed by atoms with Gasteiger partial charge in [-0.1, -0.05) is 6.92 Å². The fourth-order valence-electron chi connectivity index (χ4n) is 2.03. The lowest BCUT2D eigenvalue weighted by Gasteiger charge is -2.38. The molecule has 1 rings (SSSR count). The molecule has 0 aromatic rings. The quantitative estimate of drug-likeness (QED) is 0.748. The lowest BCUT2D eigenvalue weighted by atomic mass is 9.89. The Balaban J connectivity index is 2.56. The van der Waals surface area contributed by atoms with E-state index in [0.29, 0.717) is 25.9 Å². The standard InChI is InChI=1S/C11H20N4O/c1-4-13-11(9-12)5-7-15(8-6-11)10(16)14(2)3/h13H,4-8H2,1-3H3. The molecule has 1 N–H and O–H groups in total. The highest BCUT2D eigenvalue weighted by Gasteiger charge is 2.35. The maximum absolute atomic E-state index is 11.7. The van der Waals surface area contributed by atoms with Crippen LogP contribution in [0.4, 0.5) is 4.79 Å². The van der Waals surface area contributed by atoms with E-state index in [2.05, 4.69) is 11.4 Å². The van der Waals surface area contributed by atoms with Crippen LogP contribution in [0.15, 0.2) is 0 Å². The molecule has 1 aliphatic heterocycles. The van der Waals surface area contributed by atoms with Crippen molar-refractivity contribution in [2.45, 2.75) is 25.3 Å². The first-order valence-corrected chi connectivity index (χ1v) is 5.67. The van der Waals surface area contributed by atoms with Crippen LogP contribution in [0.25, 0.3) is 0 Å². The average Bonchev–Trinajstić information content (AvgIpc) is 2.29. The predicted octanol–water partition coefficient (Wildman–Crippen LogP) is 0.636. The normalized spacial score (nSPS) is 19.0. The van der Waals surface area contributed by atoms with Gasteiger partial charge < -0.3 is 9.80 Å². The van der Waals surface area contributed by atoms with Crippen LogP contribution in [0, 0.1) is 11.3 Å². The SMILES string of the molecule is CCNC1(C#N)CCN(C(=O)N(C)C)CC1. The highest BCUT2D eigenvalue weighted by Crippen LogP contribution is 2.21. The Hall–Kier alpha value is -1.28. The second kappa shape index (κ2) is 5.17. The van der Waals surface area contributed by atoms with Gasteiger partial charge in [-0.3, -0.25) is 5.32 Å². The molecule has 0 bridgehead atoms. The molecule has 2 amide bonds. The molecule has 0 saturated carbocycles. The van der Waals surface area contributed by atoms with Crippen LogP contribution < -0.4 is 5.32 Å². The average molecular weight is 224 g/mol. The molecule has 1 aliphatic rings. The van der Waals surface area contributed by atoms with Crippen LogP contribution in [-0.2, 0) is 0 Å². The van der Waals surface area contributed by atoms with Gasteiger partial charge in [-0.2, -0.15) is 5.26 Å². The Labute approximate surface area is 97.0 Å². The summed E-state index contributed by atoms with van der Waals surface area (Å²) in [5, 5.41) is 12.4. The first-order valence-electron chi connectivity index (χ1n) is 5.67. The van der Waals surface area contributed by atoms with E-state index in [1.807, 2.05) is 6.92 Å². The molecular formula is C11H20N4O. The number of hydrogen-bond donors (Lipinski definition) is 1. The highest BCUT2D eigenvalue weighted by molar-refractivity contribution is 5.73. The second-order valence-corrected chi connectivity index (χ2v) is 4.39. The van der Waals surface area contributed by atoms with Gasteiger partial charge in [0.15, 0.2) is 0 Å². The minimum atomic E-state index is -0.433. The van der Waals surface area contributed by atoms with Gasteiger partial charge in [0.1, 0.15) is 5.54 Å². The van der Waals surface area contributed by atoms with Crippen molar-refractivity contribution in [1.82, 2.24) is 15.1 Å². The summed E-state index contributed by atoms with van der Waals surface area (Å²) in [7, 11) is 3.50. The van der Waals surface area contributed by atoms with Crippen molar-refractivity contribution < 1.29 is 4.79 Å². The van der Waals surface area contributed by atoms with Gasteiger partial charge in [-0.05, 0) is 19.4 Å². The third kappa shape index (κ3) is 2.64. The maximum atomic E-state index is 11.7. The predicted molar refractivity (Wildman–Crippen MR) is 61.9 cm³/mol. The van der Waals surface area contributed by atoms with Crippen molar-refractivity contribution in [3.8, 4) is 6.07 Å². The Morgan fingerprint density at radius 2 is 2.06 bits per heavy atom. The maximum Gasteiger partial charge on any atom is 0.319 e. The molecule has 0 aromatic carbocycles. The summed E-state index contributed by atoms with van der Waals surface area (Å²) >= 11 is 0. The van der Waals surface area contributed by atoms with Gasteiger partial charge in [0.2, 0.25) is 0 Å². The number of likely N-dealkylation sites (tertiary alicyclic amines) is 1. The summed E-state index contributed by atoms with van der Waals surface area (Å²) in [6.07, 6.45) is 1.41. The summed E-state index contributed by atoms with van der Waals surface area (Å²) in [5.41, 5.74) is -0.433. The fourth-order valence-corrected chi connectivity index (χ4v) is 2.03. The molecule has 5 heteroatoms. The van der Waals surface area contributed by atoms with E-state index in [0.717, 1.165) is 6.54 Å². The zero-order chi connectivity index (χ0) is 12.2. The number of nitrogens with one attached hydrogen (secondary N) is 1. The summed E-state index contributed by atoms with van der Waals surface area (Å²) in [4.78, 5) is 15.1. The first-order chi connectivity index (χ1) is 7.54. The number of amides is 2. The number of nitriles is 1. The molecule has 0 spiro atoms. The van der Waals surface area contributed by atoms with Crippen LogP contribution in [0.3, 0.4) is 0 Å². The van der Waals surface area contributed by atoms with E-state index < -0.39 is 5.54 Å². The van der Waals surface area contributed by atoms with Crippen LogP contribution >= 0.6 is 0 Å². The number of carbonyl (C=O) groups is 1. The van der Waals surface area contributed by atoms with Crippen LogP contribution in [0.5, 0.6) is 0 Å². The topological polar surface area (TPSA) is 59.4 Å². The van der Waals surface area contributed by atoms with Crippen molar-refractivity contribution in [1.29, 1.82) is 5.26 Å². The van der Waals surface area contributed by atoms with Crippen LogP contribution in [0.1, 0.15) is 19.8 Å². The highest BCUT2D eigenvalue weighted by atomic mass is 16.2. The van der Waals surface area contributed by atoms with Gasteiger partial charge in [-0.15, -0.1) is 0 Å². The van der Waals surface area contributed by atoms with Crippen LogP contribution in [-0.4, -0.2) is 55.1 Å². The summed E-state index contributed by atoms with van der Waals surface area (Å²) < 4.78 is 0. The minimum absolute atomic E-state index is 0.0306. The van der Waals surface area contributed by atoms with E-state index in [4.69, 9.17) is 0 Å². The molecule has 1 saturated heterocycles. The van der Waals surface area contributed by atoms with Gasteiger partial charge in [0.25, 0.3) is 0 Å². The van der Waals surface area contributed by atoms with E-state index >= 15 is 0 Å². The van der Waals surface area contributed by atoms with Crippen molar-refractivity contribution in [2.75, 3.05) is 33.7 Å². The van der Waals surface area contributed by atoms with Gasteiger partial charge in [-0.25, -0.2) is 4.79 Å². The van der Waals surface area contributed by atoms with E-state index in [9.17, 15) is 10.1 Å². The zero-order valence-electron chi connectivity index (χ0n) is 10.3. The van der Waals surface area contributed by atoms with Crippen molar-refractivity contribution in [3.63, 3.8) is 0 Å². The Bertz CT molecular complexity index is 287. The minimum Gasteiger partial charge on any atom is -0.331 e. The Morgan fingerprint density at radius 3 is 2.44 bits per heavy atom. The molecule has 5 nitrogen and oxygen atoms in total. The molecule has 1 heterocycles. The molecule has 0 aromatic heterocycles. The van der Waals surface area contributed by atoms with Crippen LogP contribution in [0.2, 0.25) is 0 Å². The molecule has 16 heavy (non-hydrogen) atoms. The van der Waals surface area contributed by atoms with Crippen molar-refractivity contribution in [3.05, 3.63) is 0 Å². The molecule has 1 fully saturated rings. The fraction of sp³-hybridized carbons (Fsp3) is 0.818. The number of urea groups is 1. The lowest BCUT2D eigenvalue weighted by molar-refractivity contribution is 0.141. The molecular weight excluding hydrogens is 204 g/mol. The summed E-state index contributed by atoms with van der Waals surface area (Å²) in [6, 6.07) is 2.37. The van der Waals surface area contributed by atoms with Crippen molar-refractivity contribution >= 4 is 6.03 Å². The molecule has 90 valence electrons. The van der Waals surface area contributed by atoms with E-state index in [1.165, 1.54) is 0 Å². The summed E-state index contributed by atoms with van der Waals surface area (Å²) in [5.74, 6) is 0. The number of nitrogens with zero attached hydrogens (tertiary/aromatic N) is 3.